The number of alkyl halides is 1. The lowest BCUT2D eigenvalue weighted by Gasteiger charge is -2.23. The average Bonchev–Trinajstić information content (AvgIpc) is 2.68. The number of hydrogen-bond acceptors (Lipinski definition) is 6. The van der Waals surface area contributed by atoms with Crippen molar-refractivity contribution >= 4 is 23.6 Å². The summed E-state index contributed by atoms with van der Waals surface area (Å²) in [5.74, 6) is 0. The van der Waals surface area contributed by atoms with Gasteiger partial charge in [-0.1, -0.05) is 0 Å². The Balaban J connectivity index is 2.20. The minimum absolute atomic E-state index is 0.336. The average molecular weight is 342 g/mol. The molecule has 0 aromatic carbocycles. The van der Waals surface area contributed by atoms with Crippen LogP contribution in [0.1, 0.15) is 12.8 Å². The minimum atomic E-state index is -2.20. The summed E-state index contributed by atoms with van der Waals surface area (Å²) in [5.41, 5.74) is 2.65. The van der Waals surface area contributed by atoms with Crippen LogP contribution in [-0.4, -0.2) is 42.7 Å². The van der Waals surface area contributed by atoms with E-state index in [1.807, 2.05) is 18.2 Å². The zero-order valence-corrected chi connectivity index (χ0v) is 13.9. The topological polar surface area (TPSA) is 77.3 Å². The second-order valence-corrected chi connectivity index (χ2v) is 8.57. The second-order valence-electron chi connectivity index (χ2n) is 5.13. The standard InChI is InChI=1S/C16H17FN6P/c17-6-1-2-10-24(14-3-7-18-11-21-14,15-4-8-19-12-22-15)16-5-9-20-13-23-16/h3-5,7-9,11-13H,1-2,6,10H2/q+1/i17-1. The highest BCUT2D eigenvalue weighted by Gasteiger charge is 2.49. The van der Waals surface area contributed by atoms with Crippen molar-refractivity contribution in [2.75, 3.05) is 12.8 Å². The van der Waals surface area contributed by atoms with Gasteiger partial charge in [0.1, 0.15) is 19.0 Å². The first kappa shape index (κ1) is 16.5. The summed E-state index contributed by atoms with van der Waals surface area (Å²) < 4.78 is 12.7. The predicted octanol–water partition coefficient (Wildman–Crippen LogP) is 1.10. The third kappa shape index (κ3) is 3.26. The number of unbranched alkanes of at least 4 members (excludes halogenated alkanes) is 1. The van der Waals surface area contributed by atoms with Crippen molar-refractivity contribution in [2.45, 2.75) is 12.8 Å². The molecule has 0 spiro atoms. The molecule has 0 saturated heterocycles. The Bertz CT molecular complexity index is 648. The fourth-order valence-corrected chi connectivity index (χ4v) is 6.47. The smallest absolute Gasteiger partial charge is 0.199 e. The van der Waals surface area contributed by atoms with Crippen molar-refractivity contribution in [3.05, 3.63) is 55.8 Å². The van der Waals surface area contributed by atoms with Crippen molar-refractivity contribution < 1.29 is 4.39 Å². The Kier molecular flexibility index (Phi) is 5.43. The van der Waals surface area contributed by atoms with E-state index in [-0.39, 0.29) is 6.67 Å². The third-order valence-electron chi connectivity index (χ3n) is 3.75. The summed E-state index contributed by atoms with van der Waals surface area (Å²) >= 11 is 0. The normalized spacial score (nSPS) is 11.4. The molecule has 0 atom stereocenters. The highest BCUT2D eigenvalue weighted by atomic mass is 31.2. The Morgan fingerprint density at radius 3 is 1.50 bits per heavy atom. The lowest BCUT2D eigenvalue weighted by molar-refractivity contribution is 0.470. The predicted molar refractivity (Wildman–Crippen MR) is 92.0 cm³/mol. The molecule has 8 heteroatoms. The lowest BCUT2D eigenvalue weighted by atomic mass is 10.4. The van der Waals surface area contributed by atoms with Gasteiger partial charge in [-0.2, -0.15) is 0 Å². The van der Waals surface area contributed by atoms with E-state index < -0.39 is 7.26 Å². The largest absolute Gasteiger partial charge is 0.251 e. The molecule has 0 bridgehead atoms. The van der Waals surface area contributed by atoms with Gasteiger partial charge in [-0.3, -0.25) is 4.39 Å². The summed E-state index contributed by atoms with van der Waals surface area (Å²) in [5, 5.41) is 0. The molecule has 0 aliphatic rings. The van der Waals surface area contributed by atoms with E-state index in [1.165, 1.54) is 19.0 Å². The van der Waals surface area contributed by atoms with Gasteiger partial charge >= 0.3 is 0 Å². The highest BCUT2D eigenvalue weighted by molar-refractivity contribution is 7.95. The van der Waals surface area contributed by atoms with Crippen LogP contribution in [0.3, 0.4) is 0 Å². The fraction of sp³-hybridized carbons (Fsp3) is 0.250. The van der Waals surface area contributed by atoms with Crippen molar-refractivity contribution in [3.63, 3.8) is 0 Å². The van der Waals surface area contributed by atoms with E-state index >= 15 is 0 Å². The van der Waals surface area contributed by atoms with E-state index in [0.717, 1.165) is 28.9 Å². The van der Waals surface area contributed by atoms with Crippen LogP contribution in [0.15, 0.2) is 55.8 Å². The minimum Gasteiger partial charge on any atom is -0.251 e. The van der Waals surface area contributed by atoms with E-state index in [1.54, 1.807) is 18.6 Å². The van der Waals surface area contributed by atoms with E-state index in [9.17, 15) is 4.39 Å². The maximum absolute atomic E-state index is 12.7. The summed E-state index contributed by atoms with van der Waals surface area (Å²) in [4.78, 5) is 25.6. The van der Waals surface area contributed by atoms with Crippen molar-refractivity contribution in [1.82, 2.24) is 29.9 Å². The summed E-state index contributed by atoms with van der Waals surface area (Å²) in [7, 11) is -2.20. The second kappa shape index (κ2) is 7.93. The van der Waals surface area contributed by atoms with Crippen LogP contribution in [0.2, 0.25) is 0 Å². The molecule has 3 heterocycles. The molecule has 0 saturated carbocycles. The third-order valence-corrected chi connectivity index (χ3v) is 7.88. The van der Waals surface area contributed by atoms with Gasteiger partial charge in [-0.25, -0.2) is 29.9 Å². The summed E-state index contributed by atoms with van der Waals surface area (Å²) in [6.45, 7) is -0.336. The van der Waals surface area contributed by atoms with Crippen LogP contribution in [0.5, 0.6) is 0 Å². The van der Waals surface area contributed by atoms with Crippen LogP contribution < -0.4 is 16.3 Å². The monoisotopic (exact) mass is 342 g/mol. The van der Waals surface area contributed by atoms with Gasteiger partial charge < -0.3 is 0 Å². The first-order chi connectivity index (χ1) is 11.9. The molecule has 6 nitrogen and oxygen atoms in total. The summed E-state index contributed by atoms with van der Waals surface area (Å²) in [6, 6.07) is 5.69. The number of hydrogen-bond donors (Lipinski definition) is 0. The Hall–Kier alpha value is -2.40. The zero-order chi connectivity index (χ0) is 16.7. The Morgan fingerprint density at radius 1 is 0.708 bits per heavy atom. The van der Waals surface area contributed by atoms with Gasteiger partial charge in [-0.05, 0) is 12.8 Å². The van der Waals surface area contributed by atoms with Crippen LogP contribution in [0.4, 0.5) is 4.39 Å². The van der Waals surface area contributed by atoms with Gasteiger partial charge in [0.25, 0.3) is 0 Å². The van der Waals surface area contributed by atoms with Crippen molar-refractivity contribution in [3.8, 4) is 0 Å². The molecule has 0 N–H and O–H groups in total. The molecule has 0 fully saturated rings. The Labute approximate surface area is 140 Å². The maximum Gasteiger partial charge on any atom is 0.199 e. The van der Waals surface area contributed by atoms with Gasteiger partial charge in [0.05, 0.1) is 12.8 Å². The van der Waals surface area contributed by atoms with Gasteiger partial charge in [-0.15, -0.1) is 0 Å². The highest BCUT2D eigenvalue weighted by Crippen LogP contribution is 2.54. The number of aromatic nitrogens is 6. The molecule has 0 amide bonds. The molecule has 0 unspecified atom stereocenters. The molecule has 0 aliphatic heterocycles. The quantitative estimate of drug-likeness (QED) is 0.473. The van der Waals surface area contributed by atoms with Crippen molar-refractivity contribution in [1.29, 1.82) is 0 Å². The van der Waals surface area contributed by atoms with Crippen LogP contribution >= 0.6 is 7.26 Å². The molecular formula is C16H17FN6P+. The molecule has 3 aromatic rings. The molecule has 24 heavy (non-hydrogen) atoms. The number of rotatable bonds is 7. The molecule has 3 aromatic heterocycles. The van der Waals surface area contributed by atoms with Gasteiger partial charge in [0.2, 0.25) is 0 Å². The zero-order valence-electron chi connectivity index (χ0n) is 13.0. The van der Waals surface area contributed by atoms with Gasteiger partial charge in [0.15, 0.2) is 23.6 Å². The SMILES string of the molecule is [18F]CCCC[P+](c1ccncn1)(c1ccncn1)c1ccncn1. The first-order valence-corrected chi connectivity index (χ1v) is 9.59. The number of halogens is 1. The Morgan fingerprint density at radius 2 is 1.17 bits per heavy atom. The molecule has 122 valence electrons. The molecule has 0 aliphatic carbocycles. The lowest BCUT2D eigenvalue weighted by Crippen LogP contribution is -2.38. The molecular weight excluding hydrogens is 325 g/mol. The number of nitrogens with zero attached hydrogens (tertiary/aromatic N) is 6. The van der Waals surface area contributed by atoms with Crippen molar-refractivity contribution in [2.24, 2.45) is 0 Å². The molecule has 3 rings (SSSR count). The maximum atomic E-state index is 12.7. The first-order valence-electron chi connectivity index (χ1n) is 7.61. The van der Waals surface area contributed by atoms with E-state index in [4.69, 9.17) is 0 Å². The van der Waals surface area contributed by atoms with Crippen LogP contribution in [-0.2, 0) is 0 Å². The van der Waals surface area contributed by atoms with Crippen LogP contribution in [0, 0.1) is 0 Å². The summed E-state index contributed by atoms with van der Waals surface area (Å²) in [6.07, 6.45) is 11.7. The molecule has 0 radical (unpaired) electrons. The van der Waals surface area contributed by atoms with Crippen LogP contribution in [0.25, 0.3) is 0 Å². The fourth-order valence-electron chi connectivity index (χ4n) is 2.67. The van der Waals surface area contributed by atoms with E-state index in [0.29, 0.717) is 6.42 Å². The van der Waals surface area contributed by atoms with Gasteiger partial charge in [0, 0.05) is 36.8 Å². The van der Waals surface area contributed by atoms with E-state index in [2.05, 4.69) is 29.9 Å².